The van der Waals surface area contributed by atoms with Gasteiger partial charge in [0.05, 0.1) is 24.4 Å². The molecule has 10 nitrogen and oxygen atoms in total. The van der Waals surface area contributed by atoms with Gasteiger partial charge in [-0.05, 0) is 19.8 Å². The van der Waals surface area contributed by atoms with Crippen molar-refractivity contribution < 1.29 is 23.8 Å². The van der Waals surface area contributed by atoms with Crippen LogP contribution in [0.15, 0.2) is 4.42 Å². The third kappa shape index (κ3) is 4.59. The first-order chi connectivity index (χ1) is 14.4. The van der Waals surface area contributed by atoms with Gasteiger partial charge >= 0.3 is 5.97 Å². The molecule has 30 heavy (non-hydrogen) atoms. The number of carboxylic acid groups (broad SMARTS) is 1. The Morgan fingerprint density at radius 3 is 2.67 bits per heavy atom. The summed E-state index contributed by atoms with van der Waals surface area (Å²) in [5.41, 5.74) is 0.639. The lowest BCUT2D eigenvalue weighted by Crippen LogP contribution is -2.55. The summed E-state index contributed by atoms with van der Waals surface area (Å²) < 4.78 is 11.5. The number of rotatable bonds is 8. The summed E-state index contributed by atoms with van der Waals surface area (Å²) in [6.07, 6.45) is 1.32. The molecule has 0 saturated carbocycles. The molecule has 1 saturated heterocycles. The van der Waals surface area contributed by atoms with Crippen LogP contribution in [0.3, 0.4) is 0 Å². The Hall–Kier alpha value is -2.59. The first kappa shape index (κ1) is 22.1. The minimum atomic E-state index is -1.12. The fraction of sp³-hybridized carbons (Fsp3) is 0.579. The molecule has 164 valence electrons. The van der Waals surface area contributed by atoms with E-state index in [9.17, 15) is 14.7 Å². The molecule has 2 unspecified atom stereocenters. The summed E-state index contributed by atoms with van der Waals surface area (Å²) in [4.78, 5) is 37.0. The Morgan fingerprint density at radius 1 is 1.33 bits per heavy atom. The Balaban J connectivity index is 1.72. The van der Waals surface area contributed by atoms with Gasteiger partial charge in [-0.2, -0.15) is 4.98 Å². The quantitative estimate of drug-likeness (QED) is 0.570. The maximum atomic E-state index is 12.6. The molecule has 1 aliphatic heterocycles. The van der Waals surface area contributed by atoms with Gasteiger partial charge in [0.15, 0.2) is 16.7 Å². The maximum absolute atomic E-state index is 12.6. The van der Waals surface area contributed by atoms with Gasteiger partial charge in [-0.3, -0.25) is 4.79 Å². The Morgan fingerprint density at radius 2 is 2.10 bits per heavy atom. The van der Waals surface area contributed by atoms with E-state index in [1.165, 1.54) is 0 Å². The number of ether oxygens (including phenoxy) is 1. The predicted molar refractivity (Wildman–Crippen MR) is 109 cm³/mol. The molecule has 1 aliphatic rings. The molecule has 11 heteroatoms. The van der Waals surface area contributed by atoms with Gasteiger partial charge in [-0.15, -0.1) is 0 Å². The van der Waals surface area contributed by atoms with Crippen LogP contribution in [0.25, 0.3) is 0 Å². The van der Waals surface area contributed by atoms with Gasteiger partial charge in [0.1, 0.15) is 5.76 Å². The first-order valence-corrected chi connectivity index (χ1v) is 10.4. The minimum Gasteiger partial charge on any atom is -0.476 e. The number of nitrogens with one attached hydrogen (secondary N) is 2. The number of hydrogen-bond acceptors (Lipinski definition) is 7. The highest BCUT2D eigenvalue weighted by molar-refractivity contribution is 6.30. The van der Waals surface area contributed by atoms with Crippen LogP contribution in [0.1, 0.15) is 59.8 Å². The molecule has 0 bridgehead atoms. The summed E-state index contributed by atoms with van der Waals surface area (Å²) in [5.74, 6) is -0.963. The molecular formula is C19H26ClN5O5. The van der Waals surface area contributed by atoms with Crippen molar-refractivity contribution in [2.45, 2.75) is 52.2 Å². The van der Waals surface area contributed by atoms with E-state index >= 15 is 0 Å². The van der Waals surface area contributed by atoms with Gasteiger partial charge in [0.25, 0.3) is 11.9 Å². The number of imidazole rings is 1. The van der Waals surface area contributed by atoms with Crippen molar-refractivity contribution in [2.24, 2.45) is 0 Å². The lowest BCUT2D eigenvalue weighted by atomic mass is 10.0. The highest BCUT2D eigenvalue weighted by Gasteiger charge is 2.34. The summed E-state index contributed by atoms with van der Waals surface area (Å²) in [6, 6.07) is 0.00587. The average Bonchev–Trinajstić information content (AvgIpc) is 3.33. The van der Waals surface area contributed by atoms with E-state index in [-0.39, 0.29) is 35.6 Å². The number of aryl methyl sites for hydroxylation is 2. The third-order valence-corrected chi connectivity index (χ3v) is 5.35. The predicted octanol–water partition coefficient (Wildman–Crippen LogP) is 2.29. The molecule has 1 fully saturated rings. The smallest absolute Gasteiger partial charge is 0.358 e. The van der Waals surface area contributed by atoms with Crippen molar-refractivity contribution in [1.29, 1.82) is 0 Å². The summed E-state index contributed by atoms with van der Waals surface area (Å²) >= 11 is 6.03. The monoisotopic (exact) mass is 439 g/mol. The largest absolute Gasteiger partial charge is 0.476 e. The number of aromatic amines is 1. The average molecular weight is 440 g/mol. The zero-order valence-electron chi connectivity index (χ0n) is 17.2. The van der Waals surface area contributed by atoms with E-state index in [1.807, 2.05) is 25.7 Å². The van der Waals surface area contributed by atoms with E-state index in [1.54, 1.807) is 0 Å². The van der Waals surface area contributed by atoms with Crippen LogP contribution in [0.4, 0.5) is 6.01 Å². The van der Waals surface area contributed by atoms with E-state index in [4.69, 9.17) is 20.8 Å². The molecule has 0 aromatic carbocycles. The van der Waals surface area contributed by atoms with Crippen LogP contribution in [-0.4, -0.2) is 63.8 Å². The second-order valence-corrected chi connectivity index (χ2v) is 7.30. The molecule has 2 atom stereocenters. The number of piperidine rings is 1. The van der Waals surface area contributed by atoms with E-state index in [0.717, 1.165) is 0 Å². The maximum Gasteiger partial charge on any atom is 0.358 e. The number of hydrogen-bond donors (Lipinski definition) is 3. The van der Waals surface area contributed by atoms with Crippen LogP contribution >= 0.6 is 11.6 Å². The van der Waals surface area contributed by atoms with E-state index in [0.29, 0.717) is 55.6 Å². The zero-order valence-corrected chi connectivity index (χ0v) is 18.0. The van der Waals surface area contributed by atoms with Gasteiger partial charge in [-0.25, -0.2) is 9.78 Å². The normalized spacial score (nSPS) is 19.1. The summed E-state index contributed by atoms with van der Waals surface area (Å²) in [6.45, 7) is 7.00. The first-order valence-electron chi connectivity index (χ1n) is 10.0. The zero-order chi connectivity index (χ0) is 21.8. The lowest BCUT2D eigenvalue weighted by Gasteiger charge is -2.37. The number of anilines is 1. The molecule has 0 radical (unpaired) electrons. The number of halogens is 1. The van der Waals surface area contributed by atoms with Crippen LogP contribution < -0.4 is 10.2 Å². The van der Waals surface area contributed by atoms with E-state index in [2.05, 4.69) is 20.3 Å². The van der Waals surface area contributed by atoms with Gasteiger partial charge in [0, 0.05) is 19.6 Å². The van der Waals surface area contributed by atoms with Crippen molar-refractivity contribution >= 4 is 29.5 Å². The highest BCUT2D eigenvalue weighted by atomic mass is 35.5. The molecule has 1 amide bonds. The number of carbonyl (C=O) groups is 2. The number of oxazole rings is 1. The van der Waals surface area contributed by atoms with Crippen LogP contribution in [0.5, 0.6) is 0 Å². The SMILES string of the molecule is CCOC1CN(c2nc(C(=O)O)c(CC)o2)CCC1NC(=O)c1nc(Cl)c(CC)[nH]1. The van der Waals surface area contributed by atoms with Crippen LogP contribution in [0.2, 0.25) is 5.15 Å². The van der Waals surface area contributed by atoms with E-state index < -0.39 is 5.97 Å². The van der Waals surface area contributed by atoms with Gasteiger partial charge in [0.2, 0.25) is 0 Å². The topological polar surface area (TPSA) is 134 Å². The lowest BCUT2D eigenvalue weighted by molar-refractivity contribution is 0.0262. The molecule has 0 spiro atoms. The number of carbonyl (C=O) groups excluding carboxylic acids is 1. The van der Waals surface area contributed by atoms with Gasteiger partial charge < -0.3 is 29.5 Å². The standard InChI is InChI=1S/C19H26ClN5O5/c1-4-10-15(20)24-16(21-10)17(26)22-11-7-8-25(9-13(11)29-6-3)19-23-14(18(27)28)12(5-2)30-19/h11,13H,4-9H2,1-3H3,(H,21,24)(H,22,26)(H,27,28). The number of H-pyrrole nitrogens is 1. The molecular weight excluding hydrogens is 414 g/mol. The van der Waals surface area contributed by atoms with Crippen molar-refractivity contribution in [3.63, 3.8) is 0 Å². The van der Waals surface area contributed by atoms with Crippen molar-refractivity contribution in [3.05, 3.63) is 28.1 Å². The number of aromatic carboxylic acids is 1. The van der Waals surface area contributed by atoms with Crippen molar-refractivity contribution in [3.8, 4) is 0 Å². The molecule has 2 aromatic heterocycles. The Labute approximate surface area is 179 Å². The number of nitrogens with zero attached hydrogens (tertiary/aromatic N) is 3. The third-order valence-electron chi connectivity index (χ3n) is 5.03. The van der Waals surface area contributed by atoms with Crippen molar-refractivity contribution in [1.82, 2.24) is 20.3 Å². The van der Waals surface area contributed by atoms with Crippen molar-refractivity contribution in [2.75, 3.05) is 24.6 Å². The number of amides is 1. The number of carboxylic acids is 1. The van der Waals surface area contributed by atoms with Crippen LogP contribution in [-0.2, 0) is 17.6 Å². The van der Waals surface area contributed by atoms with Crippen LogP contribution in [0, 0.1) is 0 Å². The fourth-order valence-electron chi connectivity index (χ4n) is 3.49. The molecule has 0 aliphatic carbocycles. The Bertz CT molecular complexity index is 911. The summed E-state index contributed by atoms with van der Waals surface area (Å²) in [7, 11) is 0. The summed E-state index contributed by atoms with van der Waals surface area (Å²) in [5, 5.41) is 12.6. The molecule has 3 rings (SSSR count). The molecule has 3 N–H and O–H groups in total. The second kappa shape index (κ2) is 9.48. The highest BCUT2D eigenvalue weighted by Crippen LogP contribution is 2.25. The Kier molecular flexibility index (Phi) is 6.99. The van der Waals surface area contributed by atoms with Gasteiger partial charge in [-0.1, -0.05) is 25.4 Å². The molecule has 3 heterocycles. The fourth-order valence-corrected chi connectivity index (χ4v) is 3.75. The number of aromatic nitrogens is 3. The minimum absolute atomic E-state index is 0.0719. The molecule has 2 aromatic rings. The second-order valence-electron chi connectivity index (χ2n) is 6.94.